The van der Waals surface area contributed by atoms with Crippen LogP contribution in [0.5, 0.6) is 0 Å². The fraction of sp³-hybridized carbons (Fsp3) is 0.438. The van der Waals surface area contributed by atoms with E-state index in [9.17, 15) is 0 Å². The Morgan fingerprint density at radius 2 is 2.18 bits per heavy atom. The van der Waals surface area contributed by atoms with E-state index in [1.807, 2.05) is 30.8 Å². The minimum Gasteiger partial charge on any atom is -0.368 e. The Morgan fingerprint density at radius 3 is 3.00 bits per heavy atom. The van der Waals surface area contributed by atoms with Crippen LogP contribution in [-0.2, 0) is 11.8 Å². The van der Waals surface area contributed by atoms with Crippen molar-refractivity contribution in [3.05, 3.63) is 29.8 Å². The molecule has 1 fully saturated rings. The number of nitrogens with zero attached hydrogens (tertiary/aromatic N) is 4. The van der Waals surface area contributed by atoms with Crippen LogP contribution in [-0.4, -0.2) is 26.5 Å². The van der Waals surface area contributed by atoms with Crippen molar-refractivity contribution in [1.29, 1.82) is 0 Å². The lowest BCUT2D eigenvalue weighted by Gasteiger charge is -2.18. The Balaban J connectivity index is 1.69. The second-order valence-electron chi connectivity index (χ2n) is 5.75. The summed E-state index contributed by atoms with van der Waals surface area (Å²) in [5, 5.41) is 9.69. The van der Waals surface area contributed by atoms with Gasteiger partial charge in [0.1, 0.15) is 6.10 Å². The molecule has 1 aliphatic heterocycles. The standard InChI is InChI=1S/C16H18N4O2/c1-10-12-7-6-11(9-13(12)20(2)18-10)15-17-16(22-19-15)14-5-3-4-8-21-14/h6-7,9,14H,3-5,8H2,1-2H3. The molecule has 3 heterocycles. The highest BCUT2D eigenvalue weighted by molar-refractivity contribution is 5.85. The molecule has 6 nitrogen and oxygen atoms in total. The predicted octanol–water partition coefficient (Wildman–Crippen LogP) is 3.17. The monoisotopic (exact) mass is 298 g/mol. The Labute approximate surface area is 128 Å². The number of hydrogen-bond acceptors (Lipinski definition) is 5. The molecule has 0 amide bonds. The third-order valence-corrected chi connectivity index (χ3v) is 4.19. The topological polar surface area (TPSA) is 66.0 Å². The highest BCUT2D eigenvalue weighted by atomic mass is 16.5. The summed E-state index contributed by atoms with van der Waals surface area (Å²) in [5.41, 5.74) is 3.02. The second-order valence-corrected chi connectivity index (χ2v) is 5.75. The summed E-state index contributed by atoms with van der Waals surface area (Å²) in [4.78, 5) is 4.52. The van der Waals surface area contributed by atoms with Gasteiger partial charge in [-0.05, 0) is 32.3 Å². The van der Waals surface area contributed by atoms with Crippen LogP contribution in [0.1, 0.15) is 37.0 Å². The maximum Gasteiger partial charge on any atom is 0.256 e. The van der Waals surface area contributed by atoms with Gasteiger partial charge in [-0.1, -0.05) is 17.3 Å². The van der Waals surface area contributed by atoms with Gasteiger partial charge in [0, 0.05) is 24.6 Å². The molecule has 0 saturated carbocycles. The Morgan fingerprint density at radius 1 is 1.27 bits per heavy atom. The quantitative estimate of drug-likeness (QED) is 0.727. The van der Waals surface area contributed by atoms with Crippen LogP contribution < -0.4 is 0 Å². The van der Waals surface area contributed by atoms with Gasteiger partial charge in [-0.2, -0.15) is 10.1 Å². The van der Waals surface area contributed by atoms with E-state index in [4.69, 9.17) is 9.26 Å². The molecule has 2 aromatic heterocycles. The summed E-state index contributed by atoms with van der Waals surface area (Å²) in [6.45, 7) is 2.78. The van der Waals surface area contributed by atoms with Crippen molar-refractivity contribution in [2.45, 2.75) is 32.3 Å². The van der Waals surface area contributed by atoms with Crippen molar-refractivity contribution in [2.24, 2.45) is 7.05 Å². The molecule has 6 heteroatoms. The summed E-state index contributed by atoms with van der Waals surface area (Å²) < 4.78 is 13.0. The molecule has 1 saturated heterocycles. The predicted molar refractivity (Wildman–Crippen MR) is 81.3 cm³/mol. The van der Waals surface area contributed by atoms with Crippen molar-refractivity contribution >= 4 is 10.9 Å². The fourth-order valence-corrected chi connectivity index (χ4v) is 3.00. The molecule has 0 spiro atoms. The molecule has 4 rings (SSSR count). The maximum atomic E-state index is 5.70. The molecule has 114 valence electrons. The van der Waals surface area contributed by atoms with Crippen LogP contribution in [0.25, 0.3) is 22.3 Å². The summed E-state index contributed by atoms with van der Waals surface area (Å²) in [6.07, 6.45) is 3.13. The van der Waals surface area contributed by atoms with E-state index >= 15 is 0 Å². The third-order valence-electron chi connectivity index (χ3n) is 4.19. The first kappa shape index (κ1) is 13.5. The molecular weight excluding hydrogens is 280 g/mol. The lowest BCUT2D eigenvalue weighted by molar-refractivity contribution is -0.00459. The van der Waals surface area contributed by atoms with Gasteiger partial charge in [-0.3, -0.25) is 4.68 Å². The van der Waals surface area contributed by atoms with E-state index in [1.165, 1.54) is 0 Å². The average Bonchev–Trinajstić information content (AvgIpc) is 3.14. The maximum absolute atomic E-state index is 5.70. The van der Waals surface area contributed by atoms with Gasteiger partial charge >= 0.3 is 0 Å². The summed E-state index contributed by atoms with van der Waals surface area (Å²) in [7, 11) is 1.94. The van der Waals surface area contributed by atoms with Crippen molar-refractivity contribution in [3.8, 4) is 11.4 Å². The van der Waals surface area contributed by atoms with Gasteiger partial charge in [0.25, 0.3) is 5.89 Å². The number of fused-ring (bicyclic) bond motifs is 1. The van der Waals surface area contributed by atoms with Crippen molar-refractivity contribution in [2.75, 3.05) is 6.61 Å². The van der Waals surface area contributed by atoms with E-state index in [-0.39, 0.29) is 6.10 Å². The van der Waals surface area contributed by atoms with E-state index < -0.39 is 0 Å². The molecule has 1 unspecified atom stereocenters. The van der Waals surface area contributed by atoms with E-state index in [0.717, 1.165) is 48.0 Å². The van der Waals surface area contributed by atoms with Crippen LogP contribution in [0.3, 0.4) is 0 Å². The molecule has 0 bridgehead atoms. The average molecular weight is 298 g/mol. The van der Waals surface area contributed by atoms with Crippen molar-refractivity contribution < 1.29 is 9.26 Å². The molecule has 1 aliphatic rings. The van der Waals surface area contributed by atoms with E-state index in [2.05, 4.69) is 21.3 Å². The highest BCUT2D eigenvalue weighted by Gasteiger charge is 2.22. The zero-order valence-electron chi connectivity index (χ0n) is 12.7. The molecule has 0 radical (unpaired) electrons. The van der Waals surface area contributed by atoms with Gasteiger partial charge in [0.05, 0.1) is 11.2 Å². The smallest absolute Gasteiger partial charge is 0.256 e. The number of benzene rings is 1. The van der Waals surface area contributed by atoms with Crippen LogP contribution >= 0.6 is 0 Å². The Kier molecular flexibility index (Phi) is 3.18. The summed E-state index contributed by atoms with van der Waals surface area (Å²) >= 11 is 0. The molecule has 0 aliphatic carbocycles. The molecule has 3 aromatic rings. The minimum absolute atomic E-state index is 0.0577. The number of rotatable bonds is 2. The van der Waals surface area contributed by atoms with Gasteiger partial charge < -0.3 is 9.26 Å². The third kappa shape index (κ3) is 2.20. The molecule has 1 aromatic carbocycles. The molecular formula is C16H18N4O2. The van der Waals surface area contributed by atoms with E-state index in [1.54, 1.807) is 0 Å². The Bertz CT molecular complexity index is 815. The van der Waals surface area contributed by atoms with Crippen LogP contribution in [0.4, 0.5) is 0 Å². The van der Waals surface area contributed by atoms with Gasteiger partial charge in [-0.25, -0.2) is 0 Å². The molecule has 1 atom stereocenters. The fourth-order valence-electron chi connectivity index (χ4n) is 3.00. The van der Waals surface area contributed by atoms with Gasteiger partial charge in [0.15, 0.2) is 0 Å². The highest BCUT2D eigenvalue weighted by Crippen LogP contribution is 2.29. The lowest BCUT2D eigenvalue weighted by atomic mass is 10.1. The Hall–Kier alpha value is -2.21. The first-order chi connectivity index (χ1) is 10.7. The first-order valence-corrected chi connectivity index (χ1v) is 7.61. The summed E-state index contributed by atoms with van der Waals surface area (Å²) in [6, 6.07) is 6.11. The van der Waals surface area contributed by atoms with Crippen molar-refractivity contribution in [3.63, 3.8) is 0 Å². The zero-order valence-corrected chi connectivity index (χ0v) is 12.7. The molecule has 22 heavy (non-hydrogen) atoms. The molecule has 0 N–H and O–H groups in total. The van der Waals surface area contributed by atoms with Gasteiger partial charge in [0.2, 0.25) is 5.82 Å². The van der Waals surface area contributed by atoms with Crippen LogP contribution in [0.2, 0.25) is 0 Å². The first-order valence-electron chi connectivity index (χ1n) is 7.61. The SMILES string of the molecule is Cc1nn(C)c2cc(-c3noc(C4CCCCO4)n3)ccc12. The largest absolute Gasteiger partial charge is 0.368 e. The zero-order chi connectivity index (χ0) is 15.1. The lowest BCUT2D eigenvalue weighted by Crippen LogP contribution is -2.11. The number of hydrogen-bond donors (Lipinski definition) is 0. The van der Waals surface area contributed by atoms with Crippen molar-refractivity contribution in [1.82, 2.24) is 19.9 Å². The summed E-state index contributed by atoms with van der Waals surface area (Å²) in [5.74, 6) is 1.18. The minimum atomic E-state index is -0.0577. The van der Waals surface area contributed by atoms with E-state index in [0.29, 0.717) is 11.7 Å². The van der Waals surface area contributed by atoms with Crippen LogP contribution in [0.15, 0.2) is 22.7 Å². The number of aromatic nitrogens is 4. The number of aryl methyl sites for hydroxylation is 2. The van der Waals surface area contributed by atoms with Gasteiger partial charge in [-0.15, -0.1) is 0 Å². The van der Waals surface area contributed by atoms with Crippen LogP contribution in [0, 0.1) is 6.92 Å². The normalized spacial score (nSPS) is 18.9. The number of ether oxygens (including phenoxy) is 1. The second kappa shape index (κ2) is 5.21.